The van der Waals surface area contributed by atoms with Gasteiger partial charge in [-0.25, -0.2) is 0 Å². The van der Waals surface area contributed by atoms with Crippen LogP contribution in [0.15, 0.2) is 249 Å². The quantitative estimate of drug-likeness (QED) is 0.147. The van der Waals surface area contributed by atoms with Crippen LogP contribution in [0.4, 0.5) is 17.1 Å². The topological polar surface area (TPSA) is 3.24 Å². The molecule has 1 aliphatic rings. The largest absolute Gasteiger partial charge is 0.310 e. The Kier molecular flexibility index (Phi) is 9.78. The number of rotatable bonds is 8. The second-order valence-corrected chi connectivity index (χ2v) is 19.5. The molecule has 326 valence electrons. The molecule has 0 bridgehead atoms. The lowest BCUT2D eigenvalue weighted by molar-refractivity contribution is 0.769. The molecule has 1 nitrogen and oxygen atoms in total. The summed E-state index contributed by atoms with van der Waals surface area (Å²) in [6.45, 7) is 4.52. The first-order valence-electron chi connectivity index (χ1n) is 23.9. The Labute approximate surface area is 407 Å². The zero-order chi connectivity index (χ0) is 46.1. The molecule has 0 amide bonds. The Bertz CT molecular complexity index is 3840. The van der Waals surface area contributed by atoms with E-state index in [1.165, 1.54) is 115 Å². The van der Waals surface area contributed by atoms with Crippen LogP contribution in [-0.4, -0.2) is 0 Å². The van der Waals surface area contributed by atoms with E-state index >= 15 is 0 Å². The zero-order valence-corrected chi connectivity index (χ0v) is 39.3. The van der Waals surface area contributed by atoms with E-state index in [2.05, 4.69) is 267 Å². The fourth-order valence-electron chi connectivity index (χ4n) is 11.5. The molecule has 13 rings (SSSR count). The van der Waals surface area contributed by atoms with Crippen molar-refractivity contribution in [1.29, 1.82) is 0 Å². The van der Waals surface area contributed by atoms with E-state index in [0.717, 1.165) is 11.4 Å². The molecule has 2 heteroatoms. The summed E-state index contributed by atoms with van der Waals surface area (Å²) < 4.78 is 2.67. The maximum atomic E-state index is 2.47. The number of hydrogen-bond donors (Lipinski definition) is 0. The Morgan fingerprint density at radius 3 is 1.65 bits per heavy atom. The first-order valence-corrected chi connectivity index (χ1v) is 24.7. The van der Waals surface area contributed by atoms with E-state index in [1.54, 1.807) is 0 Å². The minimum Gasteiger partial charge on any atom is -0.310 e. The molecular weight excluding hydrogens is 851 g/mol. The average molecular weight is 898 g/mol. The first-order chi connectivity index (χ1) is 34.0. The summed E-state index contributed by atoms with van der Waals surface area (Å²) in [6.07, 6.45) is 0. The summed E-state index contributed by atoms with van der Waals surface area (Å²) >= 11 is 1.91. The number of aryl methyl sites for hydroxylation is 2. The molecule has 0 atom stereocenters. The molecule has 12 aromatic rings. The van der Waals surface area contributed by atoms with Gasteiger partial charge in [0.15, 0.2) is 0 Å². The molecule has 0 aliphatic heterocycles. The van der Waals surface area contributed by atoms with E-state index in [-0.39, 0.29) is 0 Å². The van der Waals surface area contributed by atoms with Crippen molar-refractivity contribution in [2.45, 2.75) is 19.3 Å². The van der Waals surface area contributed by atoms with E-state index < -0.39 is 5.41 Å². The summed E-state index contributed by atoms with van der Waals surface area (Å²) in [5, 5.41) is 5.23. The van der Waals surface area contributed by atoms with Crippen LogP contribution in [0.3, 0.4) is 0 Å². The molecule has 11 aromatic carbocycles. The average Bonchev–Trinajstić information content (AvgIpc) is 3.95. The number of anilines is 3. The van der Waals surface area contributed by atoms with Crippen LogP contribution >= 0.6 is 11.3 Å². The number of thiophene rings is 1. The molecule has 0 radical (unpaired) electrons. The molecule has 0 saturated heterocycles. The van der Waals surface area contributed by atoms with Crippen molar-refractivity contribution >= 4 is 59.3 Å². The van der Waals surface area contributed by atoms with Crippen molar-refractivity contribution in [3.05, 3.63) is 282 Å². The third-order valence-corrected chi connectivity index (χ3v) is 15.8. The molecule has 0 N–H and O–H groups in total. The predicted molar refractivity (Wildman–Crippen MR) is 295 cm³/mol. The number of nitrogens with zero attached hydrogens (tertiary/aromatic N) is 1. The van der Waals surface area contributed by atoms with Gasteiger partial charge in [0.1, 0.15) is 0 Å². The molecule has 0 unspecified atom stereocenters. The van der Waals surface area contributed by atoms with Crippen LogP contribution in [-0.2, 0) is 5.41 Å². The minimum atomic E-state index is -0.474. The summed E-state index contributed by atoms with van der Waals surface area (Å²) in [6, 6.07) is 92.2. The summed E-state index contributed by atoms with van der Waals surface area (Å²) in [4.78, 5) is 2.47. The zero-order valence-electron chi connectivity index (χ0n) is 38.5. The number of hydrogen-bond acceptors (Lipinski definition) is 2. The van der Waals surface area contributed by atoms with Gasteiger partial charge in [-0.15, -0.1) is 11.3 Å². The van der Waals surface area contributed by atoms with E-state index in [1.807, 2.05) is 11.3 Å². The highest BCUT2D eigenvalue weighted by Crippen LogP contribution is 2.57. The first kappa shape index (κ1) is 40.9. The summed E-state index contributed by atoms with van der Waals surface area (Å²) in [5.74, 6) is 0. The normalized spacial score (nSPS) is 12.6. The van der Waals surface area contributed by atoms with Gasteiger partial charge in [0.2, 0.25) is 0 Å². The molecule has 0 fully saturated rings. The van der Waals surface area contributed by atoms with Crippen molar-refractivity contribution < 1.29 is 0 Å². The van der Waals surface area contributed by atoms with Crippen LogP contribution in [0, 0.1) is 13.8 Å². The second-order valence-electron chi connectivity index (χ2n) is 18.5. The Morgan fingerprint density at radius 2 is 0.899 bits per heavy atom. The van der Waals surface area contributed by atoms with Crippen LogP contribution in [0.25, 0.3) is 75.5 Å². The van der Waals surface area contributed by atoms with Crippen LogP contribution < -0.4 is 4.90 Å². The molecule has 1 heterocycles. The maximum Gasteiger partial charge on any atom is 0.0713 e. The highest BCUT2D eigenvalue weighted by Gasteiger charge is 2.46. The number of fused-ring (bicyclic) bond motifs is 8. The summed E-state index contributed by atoms with van der Waals surface area (Å²) in [5.41, 5.74) is 20.4. The Balaban J connectivity index is 0.962. The standard InChI is InChI=1S/C67H47NS/c1-44-40-51(46-18-6-3-7-19-46)41-45(2)64(44)68(54-36-32-48(33-37-54)57-29-17-30-60-61-39-34-47-20-12-13-27-56(47)66(61)69-65(57)60)55-26-16-21-49(42-55)50-35-38-59-58-28-14-15-31-62(58)67(63(59)43-50,52-22-8-4-9-23-52)53-24-10-5-11-25-53/h3-43H,1-2H3. The van der Waals surface area contributed by atoms with Crippen molar-refractivity contribution in [3.63, 3.8) is 0 Å². The van der Waals surface area contributed by atoms with Crippen molar-refractivity contribution in [2.75, 3.05) is 4.90 Å². The highest BCUT2D eigenvalue weighted by atomic mass is 32.1. The van der Waals surface area contributed by atoms with Crippen molar-refractivity contribution in [2.24, 2.45) is 0 Å². The lowest BCUT2D eigenvalue weighted by Gasteiger charge is -2.34. The SMILES string of the molecule is Cc1cc(-c2ccccc2)cc(C)c1N(c1ccc(-c2cccc3c2sc2c4ccccc4ccc32)cc1)c1cccc(-c2ccc3c(c2)C(c2ccccc2)(c2ccccc2)c2ccccc2-3)c1. The molecule has 69 heavy (non-hydrogen) atoms. The van der Waals surface area contributed by atoms with Gasteiger partial charge in [0.05, 0.1) is 11.1 Å². The monoisotopic (exact) mass is 897 g/mol. The van der Waals surface area contributed by atoms with Crippen molar-refractivity contribution in [3.8, 4) is 44.5 Å². The Hall–Kier alpha value is -8.30. The van der Waals surface area contributed by atoms with E-state index in [0.29, 0.717) is 0 Å². The van der Waals surface area contributed by atoms with Gasteiger partial charge in [-0.2, -0.15) is 0 Å². The minimum absolute atomic E-state index is 0.474. The van der Waals surface area contributed by atoms with Crippen molar-refractivity contribution in [1.82, 2.24) is 0 Å². The third kappa shape index (κ3) is 6.59. The highest BCUT2D eigenvalue weighted by molar-refractivity contribution is 7.27. The lowest BCUT2D eigenvalue weighted by Crippen LogP contribution is -2.28. The smallest absolute Gasteiger partial charge is 0.0713 e. The second kappa shape index (κ2) is 16.5. The van der Waals surface area contributed by atoms with Gasteiger partial charge in [-0.3, -0.25) is 0 Å². The van der Waals surface area contributed by atoms with Gasteiger partial charge >= 0.3 is 0 Å². The van der Waals surface area contributed by atoms with Gasteiger partial charge in [0, 0.05) is 31.5 Å². The fraction of sp³-hybridized carbons (Fsp3) is 0.0448. The molecule has 0 spiro atoms. The van der Waals surface area contributed by atoms with Gasteiger partial charge in [-0.05, 0) is 145 Å². The lowest BCUT2D eigenvalue weighted by atomic mass is 9.67. The fourth-order valence-corrected chi connectivity index (χ4v) is 12.9. The molecular formula is C67H47NS. The third-order valence-electron chi connectivity index (χ3n) is 14.5. The van der Waals surface area contributed by atoms with E-state index in [9.17, 15) is 0 Å². The van der Waals surface area contributed by atoms with Crippen LogP contribution in [0.2, 0.25) is 0 Å². The predicted octanol–water partition coefficient (Wildman–Crippen LogP) is 18.7. The van der Waals surface area contributed by atoms with Gasteiger partial charge in [0.25, 0.3) is 0 Å². The van der Waals surface area contributed by atoms with Crippen LogP contribution in [0.5, 0.6) is 0 Å². The van der Waals surface area contributed by atoms with Gasteiger partial charge < -0.3 is 4.90 Å². The molecule has 0 saturated carbocycles. The maximum absolute atomic E-state index is 2.47. The molecule has 1 aromatic heterocycles. The summed E-state index contributed by atoms with van der Waals surface area (Å²) in [7, 11) is 0. The molecule has 1 aliphatic carbocycles. The van der Waals surface area contributed by atoms with Gasteiger partial charge in [-0.1, -0.05) is 206 Å². The number of benzene rings is 11. The van der Waals surface area contributed by atoms with E-state index in [4.69, 9.17) is 0 Å². The Morgan fingerprint density at radius 1 is 0.333 bits per heavy atom. The van der Waals surface area contributed by atoms with Crippen LogP contribution in [0.1, 0.15) is 33.4 Å².